The quantitative estimate of drug-likeness (QED) is 0.212. The Kier molecular flexibility index (Phi) is 10.7. The molecule has 8 nitrogen and oxygen atoms in total. The number of likely N-dealkylation sites (tertiary alicyclic amines) is 1. The van der Waals surface area contributed by atoms with Gasteiger partial charge in [-0.15, -0.1) is 4.72 Å². The summed E-state index contributed by atoms with van der Waals surface area (Å²) in [5.74, 6) is -0.559. The van der Waals surface area contributed by atoms with E-state index in [1.165, 1.54) is 18.1 Å². The number of methoxy groups -OCH3 is 1. The lowest BCUT2D eigenvalue weighted by atomic mass is 9.79. The Labute approximate surface area is 274 Å². The van der Waals surface area contributed by atoms with Crippen LogP contribution in [0.25, 0.3) is 0 Å². The van der Waals surface area contributed by atoms with Gasteiger partial charge >= 0.3 is 6.09 Å². The van der Waals surface area contributed by atoms with E-state index in [2.05, 4.69) is 10.0 Å². The van der Waals surface area contributed by atoms with E-state index in [0.29, 0.717) is 17.9 Å². The van der Waals surface area contributed by atoms with E-state index >= 15 is 4.39 Å². The number of hydrogen-bond donors (Lipinski definition) is 2. The highest BCUT2D eigenvalue weighted by Crippen LogP contribution is 2.43. The molecule has 2 aliphatic rings. The number of halogens is 1. The van der Waals surface area contributed by atoms with Crippen LogP contribution < -0.4 is 10.0 Å². The molecular weight excluding hydrogens is 605 g/mol. The number of benzene rings is 3. The maximum Gasteiger partial charge on any atom is 0.410 e. The summed E-state index contributed by atoms with van der Waals surface area (Å²) in [5.41, 5.74) is 1.49. The van der Waals surface area contributed by atoms with Crippen molar-refractivity contribution in [3.8, 4) is 0 Å². The van der Waals surface area contributed by atoms with Gasteiger partial charge in [-0.3, -0.25) is 9.69 Å². The lowest BCUT2D eigenvalue weighted by molar-refractivity contribution is -0.120. The van der Waals surface area contributed by atoms with E-state index in [9.17, 15) is 14.1 Å². The third kappa shape index (κ3) is 8.09. The maximum absolute atomic E-state index is 15.5. The molecule has 1 unspecified atom stereocenters. The summed E-state index contributed by atoms with van der Waals surface area (Å²) in [7, 11) is 1.53. The van der Waals surface area contributed by atoms with E-state index in [4.69, 9.17) is 9.47 Å². The average Bonchev–Trinajstić information content (AvgIpc) is 3.78. The molecule has 3 aromatic carbocycles. The molecule has 1 heterocycles. The molecule has 2 fully saturated rings. The van der Waals surface area contributed by atoms with Gasteiger partial charge in [0.1, 0.15) is 28.8 Å². The van der Waals surface area contributed by atoms with Gasteiger partial charge in [0.2, 0.25) is 5.91 Å². The Hall–Kier alpha value is -3.44. The molecule has 2 amide bonds. The Balaban J connectivity index is 1.43. The van der Waals surface area contributed by atoms with Crippen LogP contribution in [-0.2, 0) is 37.8 Å². The van der Waals surface area contributed by atoms with Crippen molar-refractivity contribution in [2.75, 3.05) is 19.0 Å². The van der Waals surface area contributed by atoms with E-state index < -0.39 is 45.5 Å². The fraction of sp³-hybridized carbons (Fsp3) is 0.444. The van der Waals surface area contributed by atoms with Crippen LogP contribution in [0.5, 0.6) is 0 Å². The van der Waals surface area contributed by atoms with Crippen molar-refractivity contribution in [3.63, 3.8) is 0 Å². The first-order valence-electron chi connectivity index (χ1n) is 15.9. The van der Waals surface area contributed by atoms with Gasteiger partial charge in [-0.05, 0) is 68.4 Å². The minimum absolute atomic E-state index is 0.0176. The largest absolute Gasteiger partial charge is 0.598 e. The second kappa shape index (κ2) is 14.5. The number of anilines is 1. The fourth-order valence-electron chi connectivity index (χ4n) is 5.81. The normalized spacial score (nSPS) is 20.2. The molecule has 0 aromatic heterocycles. The van der Waals surface area contributed by atoms with Gasteiger partial charge in [0.05, 0.1) is 18.3 Å². The topological polar surface area (TPSA) is 103 Å². The van der Waals surface area contributed by atoms with E-state index in [-0.39, 0.29) is 31.4 Å². The number of hydrogen-bond acceptors (Lipinski definition) is 6. The molecule has 46 heavy (non-hydrogen) atoms. The molecule has 0 radical (unpaired) electrons. The maximum atomic E-state index is 15.5. The smallest absolute Gasteiger partial charge is 0.410 e. The number of carbonyl (C=O) groups excluding carboxylic acids is 2. The molecule has 1 saturated carbocycles. The van der Waals surface area contributed by atoms with Crippen LogP contribution >= 0.6 is 0 Å². The van der Waals surface area contributed by atoms with Crippen molar-refractivity contribution in [3.05, 3.63) is 101 Å². The fourth-order valence-corrected chi connectivity index (χ4v) is 6.77. The molecule has 1 aliphatic heterocycles. The first-order chi connectivity index (χ1) is 22.0. The minimum Gasteiger partial charge on any atom is -0.598 e. The van der Waals surface area contributed by atoms with Crippen molar-refractivity contribution in [1.82, 2.24) is 9.62 Å². The van der Waals surface area contributed by atoms with Gasteiger partial charge in [0.25, 0.3) is 0 Å². The van der Waals surface area contributed by atoms with Gasteiger partial charge in [-0.1, -0.05) is 79.6 Å². The number of nitrogens with zero attached hydrogens (tertiary/aromatic N) is 1. The number of nitrogens with one attached hydrogen (secondary N) is 2. The van der Waals surface area contributed by atoms with Crippen LogP contribution in [0.1, 0.15) is 69.6 Å². The lowest BCUT2D eigenvalue weighted by Gasteiger charge is -2.39. The van der Waals surface area contributed by atoms with Crippen molar-refractivity contribution in [1.29, 1.82) is 0 Å². The summed E-state index contributed by atoms with van der Waals surface area (Å²) in [4.78, 5) is 28.2. The van der Waals surface area contributed by atoms with Gasteiger partial charge < -0.3 is 19.3 Å². The van der Waals surface area contributed by atoms with Gasteiger partial charge in [0.15, 0.2) is 0 Å². The molecule has 2 N–H and O–H groups in total. The molecule has 0 bridgehead atoms. The second-order valence-electron chi connectivity index (χ2n) is 13.2. The predicted octanol–water partition coefficient (Wildman–Crippen LogP) is 6.68. The highest BCUT2D eigenvalue weighted by molar-refractivity contribution is 7.90. The number of amides is 2. The van der Waals surface area contributed by atoms with Gasteiger partial charge in [-0.25, -0.2) is 9.18 Å². The zero-order chi connectivity index (χ0) is 32.9. The van der Waals surface area contributed by atoms with Crippen LogP contribution in [-0.4, -0.2) is 52.0 Å². The van der Waals surface area contributed by atoms with Crippen molar-refractivity contribution < 1.29 is 28.0 Å². The van der Waals surface area contributed by atoms with E-state index in [1.807, 2.05) is 81.4 Å². The Morgan fingerprint density at radius 1 is 1.00 bits per heavy atom. The van der Waals surface area contributed by atoms with Crippen LogP contribution in [0.4, 0.5) is 14.9 Å². The first kappa shape index (κ1) is 33.9. The van der Waals surface area contributed by atoms with Crippen molar-refractivity contribution >= 4 is 29.0 Å². The van der Waals surface area contributed by atoms with E-state index in [0.717, 1.165) is 30.4 Å². The number of rotatable bonds is 12. The lowest BCUT2D eigenvalue weighted by Crippen LogP contribution is -2.52. The first-order valence-corrected chi connectivity index (χ1v) is 17.0. The Morgan fingerprint density at radius 2 is 1.67 bits per heavy atom. The SMILES string of the molecule is CO[C@@H]1C[C@H](C(=O)Nc2cc(C(CCC3CC3)(N[S@+]([O-])C(C)(C)C)c3ccccc3)ccc2F)N(C(=O)OCc2ccccc2)C1. The zero-order valence-electron chi connectivity index (χ0n) is 27.0. The molecule has 10 heteroatoms. The van der Waals surface area contributed by atoms with Crippen molar-refractivity contribution in [2.45, 2.75) is 81.9 Å². The molecule has 3 aromatic rings. The third-order valence-electron chi connectivity index (χ3n) is 8.77. The summed E-state index contributed by atoms with van der Waals surface area (Å²) >= 11 is -1.46. The monoisotopic (exact) mass is 649 g/mol. The van der Waals surface area contributed by atoms with Crippen molar-refractivity contribution in [2.24, 2.45) is 5.92 Å². The predicted molar refractivity (Wildman–Crippen MR) is 178 cm³/mol. The standard InChI is InChI=1S/C36H44FN3O5S/c1-35(2,3)46(43)39-36(20-19-25-15-16-25,27-13-9-6-10-14-27)28-17-18-30(37)31(21-28)38-33(41)32-22-29(44-4)23-40(32)34(42)45-24-26-11-7-5-8-12-26/h5-14,17-18,21,25,29,32,39H,15-16,19-20,22-24H2,1-4H3,(H,38,41)/t29-,32-,36?,46-/m1/s1. The summed E-state index contributed by atoms with van der Waals surface area (Å²) in [5, 5.41) is 2.76. The highest BCUT2D eigenvalue weighted by Gasteiger charge is 2.44. The summed E-state index contributed by atoms with van der Waals surface area (Å²) < 4.78 is 43.1. The van der Waals surface area contributed by atoms with Gasteiger partial charge in [0, 0.05) is 24.9 Å². The van der Waals surface area contributed by atoms with Crippen LogP contribution in [0, 0.1) is 11.7 Å². The van der Waals surface area contributed by atoms with Gasteiger partial charge in [-0.2, -0.15) is 0 Å². The Bertz CT molecular complexity index is 1480. The van der Waals surface area contributed by atoms with E-state index in [1.54, 1.807) is 12.1 Å². The molecule has 1 aliphatic carbocycles. The average molecular weight is 650 g/mol. The molecule has 5 rings (SSSR count). The molecule has 1 saturated heterocycles. The molecular formula is C36H44FN3O5S. The molecule has 4 atom stereocenters. The van der Waals surface area contributed by atoms with Crippen LogP contribution in [0.3, 0.4) is 0 Å². The third-order valence-corrected chi connectivity index (χ3v) is 10.4. The minimum atomic E-state index is -1.46. The summed E-state index contributed by atoms with van der Waals surface area (Å²) in [6, 6.07) is 22.8. The number of ether oxygens (including phenoxy) is 2. The number of carbonyl (C=O) groups is 2. The summed E-state index contributed by atoms with van der Waals surface area (Å²) in [6.45, 7) is 5.97. The Morgan fingerprint density at radius 3 is 2.30 bits per heavy atom. The zero-order valence-corrected chi connectivity index (χ0v) is 27.8. The summed E-state index contributed by atoms with van der Waals surface area (Å²) in [6.07, 6.45) is 3.09. The van der Waals surface area contributed by atoms with Crippen LogP contribution in [0.15, 0.2) is 78.9 Å². The van der Waals surface area contributed by atoms with Crippen LogP contribution in [0.2, 0.25) is 0 Å². The molecule has 246 valence electrons. The molecule has 0 spiro atoms. The highest BCUT2D eigenvalue weighted by atomic mass is 32.2. The second-order valence-corrected chi connectivity index (χ2v) is 15.2.